The molecule has 3 aromatic rings. The molecule has 0 saturated carbocycles. The lowest BCUT2D eigenvalue weighted by atomic mass is 9.97. The molecule has 7 heteroatoms. The van der Waals surface area contributed by atoms with Crippen molar-refractivity contribution in [1.29, 1.82) is 0 Å². The number of hydrogen-bond donors (Lipinski definition) is 1. The maximum absolute atomic E-state index is 12.8. The lowest BCUT2D eigenvalue weighted by Crippen LogP contribution is -2.16. The summed E-state index contributed by atoms with van der Waals surface area (Å²) in [6.45, 7) is 0. The summed E-state index contributed by atoms with van der Waals surface area (Å²) in [5, 5.41) is 14.9. The Morgan fingerprint density at radius 2 is 1.75 bits per heavy atom. The van der Waals surface area contributed by atoms with Crippen molar-refractivity contribution in [2.24, 2.45) is 0 Å². The Balaban J connectivity index is 1.87. The van der Waals surface area contributed by atoms with Crippen LogP contribution in [0.25, 0.3) is 0 Å². The number of carbonyl (C=O) groups is 1. The molecule has 1 N–H and O–H groups in total. The van der Waals surface area contributed by atoms with Gasteiger partial charge in [-0.1, -0.05) is 57.9 Å². The van der Waals surface area contributed by atoms with Crippen molar-refractivity contribution in [3.63, 3.8) is 0 Å². The molecule has 0 fully saturated rings. The van der Waals surface area contributed by atoms with Crippen molar-refractivity contribution >= 4 is 44.7 Å². The third-order valence-corrected chi connectivity index (χ3v) is 5.01. The summed E-state index contributed by atoms with van der Waals surface area (Å²) in [7, 11) is 0. The number of rotatable bonds is 7. The second-order valence-electron chi connectivity index (χ2n) is 6.19. The number of halogens is 2. The monoisotopic (exact) mass is 458 g/mol. The van der Waals surface area contributed by atoms with Crippen molar-refractivity contribution < 1.29 is 9.72 Å². The van der Waals surface area contributed by atoms with Crippen LogP contribution in [0, 0.1) is 10.1 Å². The van der Waals surface area contributed by atoms with E-state index in [-0.39, 0.29) is 23.9 Å². The molecule has 1 unspecified atom stereocenters. The molecule has 142 valence electrons. The lowest BCUT2D eigenvalue weighted by molar-refractivity contribution is -0.384. The van der Waals surface area contributed by atoms with Crippen molar-refractivity contribution in [2.75, 3.05) is 5.32 Å². The Bertz CT molecular complexity index is 991. The highest BCUT2D eigenvalue weighted by Gasteiger charge is 2.18. The molecular weight excluding hydrogens is 444 g/mol. The van der Waals surface area contributed by atoms with Crippen molar-refractivity contribution in [1.82, 2.24) is 0 Å². The first-order valence-corrected chi connectivity index (χ1v) is 9.65. The molecule has 3 rings (SSSR count). The van der Waals surface area contributed by atoms with Gasteiger partial charge in [-0.05, 0) is 35.9 Å². The zero-order valence-electron chi connectivity index (χ0n) is 14.6. The van der Waals surface area contributed by atoms with Gasteiger partial charge >= 0.3 is 0 Å². The summed E-state index contributed by atoms with van der Waals surface area (Å²) < 4.78 is 0.896. The molecule has 3 aromatic carbocycles. The molecular formula is C21H16BrClN2O3. The smallest absolute Gasteiger partial charge is 0.271 e. The fraction of sp³-hybridized carbons (Fsp3) is 0.0952. The fourth-order valence-corrected chi connectivity index (χ4v) is 3.19. The number of nitro groups is 1. The minimum atomic E-state index is -0.449. The van der Waals surface area contributed by atoms with Gasteiger partial charge in [0.1, 0.15) is 0 Å². The average Bonchev–Trinajstić information content (AvgIpc) is 2.68. The number of non-ortho nitro benzene ring substituents is 1. The van der Waals surface area contributed by atoms with Crippen molar-refractivity contribution in [3.05, 3.63) is 104 Å². The van der Waals surface area contributed by atoms with Gasteiger partial charge in [0.25, 0.3) is 5.69 Å². The second-order valence-corrected chi connectivity index (χ2v) is 7.54. The van der Waals surface area contributed by atoms with Gasteiger partial charge in [-0.25, -0.2) is 0 Å². The van der Waals surface area contributed by atoms with Crippen LogP contribution < -0.4 is 5.32 Å². The van der Waals surface area contributed by atoms with E-state index < -0.39 is 4.92 Å². The average molecular weight is 460 g/mol. The van der Waals surface area contributed by atoms with Crippen LogP contribution in [0.4, 0.5) is 11.4 Å². The van der Waals surface area contributed by atoms with Crippen LogP contribution in [-0.2, 0) is 0 Å². The molecule has 0 spiro atoms. The van der Waals surface area contributed by atoms with Gasteiger partial charge < -0.3 is 5.32 Å². The quantitative estimate of drug-likeness (QED) is 0.251. The fourth-order valence-electron chi connectivity index (χ4n) is 2.80. The summed E-state index contributed by atoms with van der Waals surface area (Å²) in [6.07, 6.45) is 0.186. The van der Waals surface area contributed by atoms with Crippen LogP contribution >= 0.6 is 27.5 Å². The van der Waals surface area contributed by atoms with E-state index in [2.05, 4.69) is 21.2 Å². The van der Waals surface area contributed by atoms with E-state index in [4.69, 9.17) is 11.6 Å². The third-order valence-electron chi connectivity index (χ3n) is 4.23. The molecule has 0 aliphatic rings. The summed E-state index contributed by atoms with van der Waals surface area (Å²) in [5.74, 6) is -0.0367. The normalized spacial score (nSPS) is 11.6. The van der Waals surface area contributed by atoms with E-state index in [0.717, 1.165) is 10.0 Å². The van der Waals surface area contributed by atoms with Crippen molar-refractivity contribution in [3.8, 4) is 0 Å². The number of benzene rings is 3. The third kappa shape index (κ3) is 5.18. The van der Waals surface area contributed by atoms with Gasteiger partial charge in [0.05, 0.1) is 11.0 Å². The molecule has 28 heavy (non-hydrogen) atoms. The molecule has 0 amide bonds. The van der Waals surface area contributed by atoms with Gasteiger partial charge in [-0.3, -0.25) is 14.9 Å². The van der Waals surface area contributed by atoms with Crippen molar-refractivity contribution in [2.45, 2.75) is 12.5 Å². The predicted molar refractivity (Wildman–Crippen MR) is 114 cm³/mol. The highest BCUT2D eigenvalue weighted by molar-refractivity contribution is 9.10. The molecule has 0 saturated heterocycles. The van der Waals surface area contributed by atoms with Crippen LogP contribution in [0.5, 0.6) is 0 Å². The number of nitrogens with one attached hydrogen (secondary N) is 1. The zero-order chi connectivity index (χ0) is 20.1. The van der Waals surface area contributed by atoms with Gasteiger partial charge in [-0.2, -0.15) is 0 Å². The Morgan fingerprint density at radius 1 is 1.07 bits per heavy atom. The molecule has 0 radical (unpaired) electrons. The number of nitro benzene ring substituents is 1. The van der Waals surface area contributed by atoms with Gasteiger partial charge in [0.15, 0.2) is 5.78 Å². The van der Waals surface area contributed by atoms with E-state index in [1.807, 2.05) is 24.3 Å². The minimum Gasteiger partial charge on any atom is -0.378 e. The number of hydrogen-bond acceptors (Lipinski definition) is 4. The lowest BCUT2D eigenvalue weighted by Gasteiger charge is -2.20. The van der Waals surface area contributed by atoms with E-state index in [1.54, 1.807) is 36.4 Å². The van der Waals surface area contributed by atoms with Crippen LogP contribution in [0.15, 0.2) is 77.3 Å². The molecule has 0 bridgehead atoms. The van der Waals surface area contributed by atoms with Gasteiger partial charge in [-0.15, -0.1) is 0 Å². The Morgan fingerprint density at radius 3 is 2.39 bits per heavy atom. The van der Waals surface area contributed by atoms with Crippen LogP contribution in [0.3, 0.4) is 0 Å². The minimum absolute atomic E-state index is 0.0147. The standard InChI is InChI=1S/C21H16BrClN2O3/c22-16-8-4-15(5-9-16)21(26)13-20(14-6-10-17(23)11-7-14)24-18-2-1-3-19(12-18)25(27)28/h1-12,20,24H,13H2. The Kier molecular flexibility index (Phi) is 6.44. The maximum Gasteiger partial charge on any atom is 0.271 e. The summed E-state index contributed by atoms with van der Waals surface area (Å²) in [5.41, 5.74) is 2.02. The van der Waals surface area contributed by atoms with Crippen LogP contribution in [-0.4, -0.2) is 10.7 Å². The van der Waals surface area contributed by atoms with Crippen LogP contribution in [0.1, 0.15) is 28.4 Å². The number of carbonyl (C=O) groups excluding carboxylic acids is 1. The zero-order valence-corrected chi connectivity index (χ0v) is 17.0. The number of nitrogens with zero attached hydrogens (tertiary/aromatic N) is 1. The molecule has 0 aliphatic heterocycles. The first kappa shape index (κ1) is 20.0. The number of Topliss-reactive ketones (excluding diaryl/α,β-unsaturated/α-hetero) is 1. The molecule has 0 aliphatic carbocycles. The maximum atomic E-state index is 12.8. The van der Waals surface area contributed by atoms with Gasteiger partial charge in [0, 0.05) is 39.3 Å². The summed E-state index contributed by atoms with van der Waals surface area (Å²) in [4.78, 5) is 23.4. The molecule has 0 aromatic heterocycles. The second kappa shape index (κ2) is 8.99. The molecule has 5 nitrogen and oxygen atoms in total. The Hall–Kier alpha value is -2.70. The van der Waals surface area contributed by atoms with Gasteiger partial charge in [0.2, 0.25) is 0 Å². The van der Waals surface area contributed by atoms with E-state index >= 15 is 0 Å². The van der Waals surface area contributed by atoms with E-state index in [1.165, 1.54) is 12.1 Å². The topological polar surface area (TPSA) is 72.2 Å². The summed E-state index contributed by atoms with van der Waals surface area (Å²) in [6, 6.07) is 20.2. The first-order valence-electron chi connectivity index (χ1n) is 8.47. The predicted octanol–water partition coefficient (Wildman–Crippen LogP) is 6.44. The Labute approximate surface area is 175 Å². The first-order chi connectivity index (χ1) is 13.4. The molecule has 1 atom stereocenters. The highest BCUT2D eigenvalue weighted by atomic mass is 79.9. The molecule has 0 heterocycles. The largest absolute Gasteiger partial charge is 0.378 e. The number of anilines is 1. The summed E-state index contributed by atoms with van der Waals surface area (Å²) >= 11 is 9.34. The number of ketones is 1. The van der Waals surface area contributed by atoms with Crippen LogP contribution in [0.2, 0.25) is 5.02 Å². The van der Waals surface area contributed by atoms with E-state index in [9.17, 15) is 14.9 Å². The SMILES string of the molecule is O=C(CC(Nc1cccc([N+](=O)[O-])c1)c1ccc(Cl)cc1)c1ccc(Br)cc1. The van der Waals surface area contributed by atoms with E-state index in [0.29, 0.717) is 16.3 Å². The highest BCUT2D eigenvalue weighted by Crippen LogP contribution is 2.27.